The summed E-state index contributed by atoms with van der Waals surface area (Å²) in [4.78, 5) is 22.6. The fourth-order valence-electron chi connectivity index (χ4n) is 1.36. The maximum atomic E-state index is 11.5. The van der Waals surface area contributed by atoms with E-state index in [1.54, 1.807) is 12.1 Å². The topological polar surface area (TPSA) is 75.6 Å². The second-order valence-electron chi connectivity index (χ2n) is 4.20. The molecule has 0 aliphatic rings. The molecular weight excluding hydrogens is 246 g/mol. The summed E-state index contributed by atoms with van der Waals surface area (Å²) in [5, 5.41) is 11.3. The SMILES string of the molecule is C#CC[C@@](C)(NC(=O)OCc1ccccc1)C(=O)O. The molecule has 0 radical (unpaired) electrons. The minimum Gasteiger partial charge on any atom is -0.479 e. The Hall–Kier alpha value is -2.48. The first-order valence-electron chi connectivity index (χ1n) is 5.63. The minimum absolute atomic E-state index is 0.0679. The van der Waals surface area contributed by atoms with E-state index in [0.29, 0.717) is 0 Å². The second kappa shape index (κ2) is 6.45. The van der Waals surface area contributed by atoms with Crippen LogP contribution in [0, 0.1) is 12.3 Å². The zero-order valence-electron chi connectivity index (χ0n) is 10.6. The molecule has 2 N–H and O–H groups in total. The Morgan fingerprint density at radius 3 is 2.58 bits per heavy atom. The molecule has 0 unspecified atom stereocenters. The van der Waals surface area contributed by atoms with Crippen LogP contribution in [0.1, 0.15) is 18.9 Å². The van der Waals surface area contributed by atoms with Gasteiger partial charge in [0, 0.05) is 6.42 Å². The average Bonchev–Trinajstić information content (AvgIpc) is 2.37. The number of carboxylic acid groups (broad SMARTS) is 1. The lowest BCUT2D eigenvalue weighted by atomic mass is 9.99. The summed E-state index contributed by atoms with van der Waals surface area (Å²) in [5.41, 5.74) is -0.714. The van der Waals surface area contributed by atoms with Crippen LogP contribution in [0.5, 0.6) is 0 Å². The number of nitrogens with one attached hydrogen (secondary N) is 1. The van der Waals surface area contributed by atoms with Crippen molar-refractivity contribution < 1.29 is 19.4 Å². The normalized spacial score (nSPS) is 12.8. The number of terminal acetylenes is 1. The maximum Gasteiger partial charge on any atom is 0.408 e. The molecule has 0 heterocycles. The first-order valence-corrected chi connectivity index (χ1v) is 5.63. The lowest BCUT2D eigenvalue weighted by molar-refractivity contribution is -0.143. The summed E-state index contributed by atoms with van der Waals surface area (Å²) >= 11 is 0. The van der Waals surface area contributed by atoms with Gasteiger partial charge in [-0.1, -0.05) is 30.3 Å². The van der Waals surface area contributed by atoms with E-state index in [4.69, 9.17) is 16.3 Å². The Balaban J connectivity index is 2.55. The van der Waals surface area contributed by atoms with Crippen LogP contribution in [0.3, 0.4) is 0 Å². The molecule has 1 rings (SSSR count). The first-order chi connectivity index (χ1) is 8.98. The van der Waals surface area contributed by atoms with Gasteiger partial charge in [-0.15, -0.1) is 12.3 Å². The van der Waals surface area contributed by atoms with Crippen LogP contribution in [0.15, 0.2) is 30.3 Å². The molecule has 5 nitrogen and oxygen atoms in total. The van der Waals surface area contributed by atoms with Crippen molar-refractivity contribution in [2.75, 3.05) is 0 Å². The molecule has 5 heteroatoms. The number of ether oxygens (including phenoxy) is 1. The van der Waals surface area contributed by atoms with Gasteiger partial charge in [0.25, 0.3) is 0 Å². The summed E-state index contributed by atoms with van der Waals surface area (Å²) in [7, 11) is 0. The number of aliphatic carboxylic acids is 1. The Morgan fingerprint density at radius 2 is 2.05 bits per heavy atom. The number of hydrogen-bond acceptors (Lipinski definition) is 3. The molecule has 0 saturated carbocycles. The molecule has 1 aromatic carbocycles. The molecule has 1 aromatic rings. The van der Waals surface area contributed by atoms with Gasteiger partial charge < -0.3 is 15.2 Å². The van der Waals surface area contributed by atoms with Crippen LogP contribution < -0.4 is 5.32 Å². The fourth-order valence-corrected chi connectivity index (χ4v) is 1.36. The smallest absolute Gasteiger partial charge is 0.408 e. The molecule has 0 fully saturated rings. The van der Waals surface area contributed by atoms with Gasteiger partial charge in [-0.3, -0.25) is 0 Å². The fraction of sp³-hybridized carbons (Fsp3) is 0.286. The van der Waals surface area contributed by atoms with E-state index >= 15 is 0 Å². The van der Waals surface area contributed by atoms with E-state index in [1.165, 1.54) is 6.92 Å². The maximum absolute atomic E-state index is 11.5. The Bertz CT molecular complexity index is 492. The third-order valence-electron chi connectivity index (χ3n) is 2.52. The molecule has 100 valence electrons. The molecule has 19 heavy (non-hydrogen) atoms. The van der Waals surface area contributed by atoms with E-state index in [0.717, 1.165) is 5.56 Å². The molecule has 0 bridgehead atoms. The molecule has 0 aromatic heterocycles. The van der Waals surface area contributed by atoms with Crippen molar-refractivity contribution in [3.8, 4) is 12.3 Å². The largest absolute Gasteiger partial charge is 0.479 e. The third-order valence-corrected chi connectivity index (χ3v) is 2.52. The van der Waals surface area contributed by atoms with Gasteiger partial charge in [0.15, 0.2) is 0 Å². The molecule has 1 atom stereocenters. The Morgan fingerprint density at radius 1 is 1.42 bits per heavy atom. The van der Waals surface area contributed by atoms with Gasteiger partial charge in [0.1, 0.15) is 12.1 Å². The van der Waals surface area contributed by atoms with Gasteiger partial charge >= 0.3 is 12.1 Å². The van der Waals surface area contributed by atoms with E-state index in [2.05, 4.69) is 11.2 Å². The van der Waals surface area contributed by atoms with Crippen molar-refractivity contribution in [1.29, 1.82) is 0 Å². The van der Waals surface area contributed by atoms with Gasteiger partial charge in [-0.05, 0) is 12.5 Å². The van der Waals surface area contributed by atoms with Crippen molar-refractivity contribution in [3.05, 3.63) is 35.9 Å². The molecule has 0 aliphatic carbocycles. The van der Waals surface area contributed by atoms with Crippen LogP contribution in [-0.2, 0) is 16.1 Å². The van der Waals surface area contributed by atoms with Crippen molar-refractivity contribution in [3.63, 3.8) is 0 Å². The van der Waals surface area contributed by atoms with Crippen LogP contribution in [-0.4, -0.2) is 22.7 Å². The highest BCUT2D eigenvalue weighted by atomic mass is 16.5. The summed E-state index contributed by atoms with van der Waals surface area (Å²) < 4.78 is 4.94. The first kappa shape index (κ1) is 14.6. The van der Waals surface area contributed by atoms with Gasteiger partial charge in [0.05, 0.1) is 0 Å². The standard InChI is InChI=1S/C14H15NO4/c1-3-9-14(2,12(16)17)15-13(18)19-10-11-7-5-4-6-8-11/h1,4-8H,9-10H2,2H3,(H,15,18)(H,16,17)/t14-/m1/s1. The second-order valence-corrected chi connectivity index (χ2v) is 4.20. The number of amides is 1. The van der Waals surface area contributed by atoms with Crippen LogP contribution >= 0.6 is 0 Å². The molecule has 1 amide bonds. The van der Waals surface area contributed by atoms with Crippen molar-refractivity contribution in [2.45, 2.75) is 25.5 Å². The number of carbonyl (C=O) groups is 2. The molecule has 0 saturated heterocycles. The molecular formula is C14H15NO4. The highest BCUT2D eigenvalue weighted by molar-refractivity contribution is 5.84. The van der Waals surface area contributed by atoms with E-state index in [1.807, 2.05) is 18.2 Å². The van der Waals surface area contributed by atoms with Crippen molar-refractivity contribution in [2.24, 2.45) is 0 Å². The number of benzene rings is 1. The highest BCUT2D eigenvalue weighted by Crippen LogP contribution is 2.10. The van der Waals surface area contributed by atoms with Crippen molar-refractivity contribution in [1.82, 2.24) is 5.32 Å². The number of carboxylic acids is 1. The van der Waals surface area contributed by atoms with Crippen LogP contribution in [0.4, 0.5) is 4.79 Å². The lowest BCUT2D eigenvalue weighted by Crippen LogP contribution is -2.52. The van der Waals surface area contributed by atoms with Gasteiger partial charge in [0.2, 0.25) is 0 Å². The summed E-state index contributed by atoms with van der Waals surface area (Å²) in [6.45, 7) is 1.40. The molecule has 0 aliphatic heterocycles. The van der Waals surface area contributed by atoms with Crippen LogP contribution in [0.2, 0.25) is 0 Å². The highest BCUT2D eigenvalue weighted by Gasteiger charge is 2.34. The summed E-state index contributed by atoms with van der Waals surface area (Å²) in [6, 6.07) is 9.07. The Kier molecular flexibility index (Phi) is 4.95. The Labute approximate surface area is 111 Å². The molecule has 0 spiro atoms. The zero-order chi connectivity index (χ0) is 14.3. The van der Waals surface area contributed by atoms with Gasteiger partial charge in [-0.25, -0.2) is 9.59 Å². The number of alkyl carbamates (subject to hydrolysis) is 1. The quantitative estimate of drug-likeness (QED) is 0.792. The third kappa shape index (κ3) is 4.36. The lowest BCUT2D eigenvalue weighted by Gasteiger charge is -2.23. The van der Waals surface area contributed by atoms with E-state index in [-0.39, 0.29) is 13.0 Å². The zero-order valence-corrected chi connectivity index (χ0v) is 10.6. The van der Waals surface area contributed by atoms with E-state index < -0.39 is 17.6 Å². The predicted molar refractivity (Wildman–Crippen MR) is 69.3 cm³/mol. The summed E-state index contributed by atoms with van der Waals surface area (Å²) in [5.74, 6) is 1.01. The monoisotopic (exact) mass is 261 g/mol. The predicted octanol–water partition coefficient (Wildman–Crippen LogP) is 1.78. The van der Waals surface area contributed by atoms with E-state index in [9.17, 15) is 9.59 Å². The van der Waals surface area contributed by atoms with Crippen molar-refractivity contribution >= 4 is 12.1 Å². The van der Waals surface area contributed by atoms with Crippen LogP contribution in [0.25, 0.3) is 0 Å². The number of rotatable bonds is 5. The minimum atomic E-state index is -1.53. The van der Waals surface area contributed by atoms with Gasteiger partial charge in [-0.2, -0.15) is 0 Å². The average molecular weight is 261 g/mol. The summed E-state index contributed by atoms with van der Waals surface area (Å²) in [6.07, 6.45) is 4.15. The number of hydrogen-bond donors (Lipinski definition) is 2. The number of carbonyl (C=O) groups excluding carboxylic acids is 1.